The number of carbonyl (C=O) groups excluding carboxylic acids is 1. The van der Waals surface area contributed by atoms with Crippen molar-refractivity contribution in [3.05, 3.63) is 38.8 Å². The van der Waals surface area contributed by atoms with Gasteiger partial charge in [-0.05, 0) is 25.7 Å². The topological polar surface area (TPSA) is 99.0 Å². The smallest absolute Gasteiger partial charge is 0.330 e. The highest BCUT2D eigenvalue weighted by atomic mass is 16.5. The third-order valence-electron chi connectivity index (χ3n) is 4.79. The van der Waals surface area contributed by atoms with E-state index in [1.807, 2.05) is 13.0 Å². The number of aromatic nitrogens is 4. The fraction of sp³-hybridized carbons (Fsp3) is 0.556. The largest absolute Gasteiger partial charge is 0.457 e. The lowest BCUT2D eigenvalue weighted by molar-refractivity contribution is -0.150. The second-order valence-corrected chi connectivity index (χ2v) is 6.61. The summed E-state index contributed by atoms with van der Waals surface area (Å²) in [6.07, 6.45) is 8.14. The van der Waals surface area contributed by atoms with E-state index in [1.54, 1.807) is 11.6 Å². The minimum Gasteiger partial charge on any atom is -0.457 e. The Balaban J connectivity index is 1.87. The molecule has 0 fully saturated rings. The number of ether oxygens (including phenoxy) is 1. The second kappa shape index (κ2) is 7.72. The van der Waals surface area contributed by atoms with E-state index in [0.29, 0.717) is 30.0 Å². The molecule has 0 bridgehead atoms. The van der Waals surface area contributed by atoms with Crippen LogP contribution in [0.4, 0.5) is 0 Å². The Bertz CT molecular complexity index is 950. The van der Waals surface area contributed by atoms with Gasteiger partial charge in [-0.15, -0.1) is 0 Å². The molecule has 1 aliphatic rings. The number of hydrogen-bond donors (Lipinski definition) is 1. The maximum Gasteiger partial charge on any atom is 0.330 e. The minimum atomic E-state index is -0.484. The highest BCUT2D eigenvalue weighted by molar-refractivity contribution is 5.73. The molecule has 2 heterocycles. The quantitative estimate of drug-likeness (QED) is 0.623. The first-order valence-corrected chi connectivity index (χ1v) is 9.03. The number of nitrogens with one attached hydrogen (secondary N) is 1. The van der Waals surface area contributed by atoms with Crippen LogP contribution in [0, 0.1) is 5.92 Å². The first kappa shape index (κ1) is 18.2. The molecule has 0 saturated heterocycles. The molecule has 26 heavy (non-hydrogen) atoms. The summed E-state index contributed by atoms with van der Waals surface area (Å²) in [7, 11) is 1.69. The van der Waals surface area contributed by atoms with Crippen molar-refractivity contribution in [2.24, 2.45) is 13.0 Å². The maximum atomic E-state index is 12.2. The number of nitrogens with zero attached hydrogens (tertiary/aromatic N) is 3. The molecule has 0 aliphatic heterocycles. The summed E-state index contributed by atoms with van der Waals surface area (Å²) >= 11 is 0. The van der Waals surface area contributed by atoms with Crippen LogP contribution in [-0.2, 0) is 29.7 Å². The van der Waals surface area contributed by atoms with Gasteiger partial charge in [0, 0.05) is 13.6 Å². The first-order valence-electron chi connectivity index (χ1n) is 9.03. The van der Waals surface area contributed by atoms with Gasteiger partial charge in [-0.3, -0.25) is 19.1 Å². The molecule has 0 aromatic carbocycles. The molecule has 0 spiro atoms. The monoisotopic (exact) mass is 360 g/mol. The zero-order chi connectivity index (χ0) is 18.7. The van der Waals surface area contributed by atoms with Crippen molar-refractivity contribution < 1.29 is 9.53 Å². The van der Waals surface area contributed by atoms with E-state index in [2.05, 4.69) is 16.0 Å². The summed E-state index contributed by atoms with van der Waals surface area (Å²) < 4.78 is 8.47. The van der Waals surface area contributed by atoms with Gasteiger partial charge >= 0.3 is 11.7 Å². The number of H-pyrrole nitrogens is 1. The molecule has 140 valence electrons. The van der Waals surface area contributed by atoms with Crippen LogP contribution in [0.5, 0.6) is 0 Å². The van der Waals surface area contributed by atoms with Crippen LogP contribution in [0.25, 0.3) is 11.2 Å². The Kier molecular flexibility index (Phi) is 5.39. The summed E-state index contributed by atoms with van der Waals surface area (Å²) in [5.41, 5.74) is -0.303. The Labute approximate surface area is 150 Å². The average molecular weight is 360 g/mol. The number of fused-ring (bicyclic) bond motifs is 1. The van der Waals surface area contributed by atoms with Crippen molar-refractivity contribution in [3.8, 4) is 0 Å². The van der Waals surface area contributed by atoms with Crippen molar-refractivity contribution in [3.63, 3.8) is 0 Å². The zero-order valence-corrected chi connectivity index (χ0v) is 15.2. The lowest BCUT2D eigenvalue weighted by Crippen LogP contribution is -2.31. The predicted octanol–water partition coefficient (Wildman–Crippen LogP) is 1.62. The lowest BCUT2D eigenvalue weighted by atomic mass is 9.95. The van der Waals surface area contributed by atoms with Gasteiger partial charge in [0.2, 0.25) is 0 Å². The highest BCUT2D eigenvalue weighted by Crippen LogP contribution is 2.20. The molecule has 1 N–H and O–H groups in total. The number of imidazole rings is 1. The summed E-state index contributed by atoms with van der Waals surface area (Å²) in [6, 6.07) is 0. The van der Waals surface area contributed by atoms with Crippen LogP contribution in [-0.4, -0.2) is 25.1 Å². The van der Waals surface area contributed by atoms with Crippen molar-refractivity contribution in [1.29, 1.82) is 0 Å². The van der Waals surface area contributed by atoms with Gasteiger partial charge in [0.25, 0.3) is 5.56 Å². The minimum absolute atomic E-state index is 0.0222. The van der Waals surface area contributed by atoms with Crippen LogP contribution in [0.15, 0.2) is 21.7 Å². The average Bonchev–Trinajstić information content (AvgIpc) is 2.97. The number of carbonyl (C=O) groups is 1. The van der Waals surface area contributed by atoms with Crippen LogP contribution in [0.2, 0.25) is 0 Å². The highest BCUT2D eigenvalue weighted by Gasteiger charge is 2.22. The molecule has 1 aliphatic carbocycles. The molecule has 0 amide bonds. The molecular weight excluding hydrogens is 336 g/mol. The van der Waals surface area contributed by atoms with E-state index in [1.165, 1.54) is 4.57 Å². The van der Waals surface area contributed by atoms with Crippen LogP contribution in [0.1, 0.15) is 44.9 Å². The lowest BCUT2D eigenvalue weighted by Gasteiger charge is -2.16. The number of esters is 1. The Morgan fingerprint density at radius 2 is 2.19 bits per heavy atom. The number of hydrogen-bond acceptors (Lipinski definition) is 5. The number of allylic oxidation sites excluding steroid dienone is 2. The molecular formula is C18H24N4O4. The number of unbranched alkanes of at least 4 members (excludes halogenated alkanes) is 1. The van der Waals surface area contributed by atoms with Gasteiger partial charge in [0.1, 0.15) is 12.4 Å². The zero-order valence-electron chi connectivity index (χ0n) is 15.2. The maximum absolute atomic E-state index is 12.2. The molecule has 1 unspecified atom stereocenters. The summed E-state index contributed by atoms with van der Waals surface area (Å²) in [5.74, 6) is 0.0700. The number of aryl methyl sites for hydroxylation is 2. The summed E-state index contributed by atoms with van der Waals surface area (Å²) in [6.45, 7) is 2.48. The number of aromatic amines is 1. The molecule has 0 saturated carbocycles. The van der Waals surface area contributed by atoms with Gasteiger partial charge < -0.3 is 9.30 Å². The van der Waals surface area contributed by atoms with Gasteiger partial charge in [-0.1, -0.05) is 25.5 Å². The van der Waals surface area contributed by atoms with E-state index in [9.17, 15) is 14.4 Å². The van der Waals surface area contributed by atoms with E-state index >= 15 is 0 Å². The van der Waals surface area contributed by atoms with Gasteiger partial charge in [-0.2, -0.15) is 0 Å². The molecule has 2 aromatic rings. The third-order valence-corrected chi connectivity index (χ3v) is 4.79. The molecule has 8 heteroatoms. The van der Waals surface area contributed by atoms with Crippen LogP contribution in [0.3, 0.4) is 0 Å². The fourth-order valence-electron chi connectivity index (χ4n) is 3.21. The second-order valence-electron chi connectivity index (χ2n) is 6.61. The van der Waals surface area contributed by atoms with E-state index in [4.69, 9.17) is 4.74 Å². The Hall–Kier alpha value is -2.64. The van der Waals surface area contributed by atoms with Crippen LogP contribution >= 0.6 is 0 Å². The van der Waals surface area contributed by atoms with E-state index in [0.717, 1.165) is 25.7 Å². The molecule has 3 rings (SSSR count). The Morgan fingerprint density at radius 1 is 1.38 bits per heavy atom. The van der Waals surface area contributed by atoms with E-state index in [-0.39, 0.29) is 18.5 Å². The van der Waals surface area contributed by atoms with Crippen molar-refractivity contribution >= 4 is 17.1 Å². The van der Waals surface area contributed by atoms with Gasteiger partial charge in [-0.25, -0.2) is 9.78 Å². The molecule has 8 nitrogen and oxygen atoms in total. The third kappa shape index (κ3) is 3.49. The molecule has 2 aromatic heterocycles. The SMILES string of the molecule is CCCCn1c(=O)[nH]c(=O)c2c1nc(COC(=O)C1CC=CCC1)n2C. The molecule has 1 atom stereocenters. The van der Waals surface area contributed by atoms with Crippen molar-refractivity contribution in [2.75, 3.05) is 0 Å². The van der Waals surface area contributed by atoms with Gasteiger partial charge in [0.15, 0.2) is 11.2 Å². The standard InChI is InChI=1S/C18H24N4O4/c1-3-4-10-22-15-14(16(23)20-18(22)25)21(2)13(19-15)11-26-17(24)12-8-6-5-7-9-12/h5-6,12H,3-4,7-11H2,1-2H3,(H,20,23,25). The predicted molar refractivity (Wildman–Crippen MR) is 96.8 cm³/mol. The Morgan fingerprint density at radius 3 is 2.88 bits per heavy atom. The van der Waals surface area contributed by atoms with Crippen molar-refractivity contribution in [1.82, 2.24) is 19.1 Å². The van der Waals surface area contributed by atoms with E-state index < -0.39 is 11.2 Å². The summed E-state index contributed by atoms with van der Waals surface area (Å²) in [4.78, 5) is 43.3. The van der Waals surface area contributed by atoms with Crippen LogP contribution < -0.4 is 11.2 Å². The normalized spacial score (nSPS) is 16.9. The molecule has 0 radical (unpaired) electrons. The fourth-order valence-corrected chi connectivity index (χ4v) is 3.21. The first-order chi connectivity index (χ1) is 12.5. The van der Waals surface area contributed by atoms with Gasteiger partial charge in [0.05, 0.1) is 5.92 Å². The van der Waals surface area contributed by atoms with Crippen molar-refractivity contribution in [2.45, 2.75) is 52.2 Å². The summed E-state index contributed by atoms with van der Waals surface area (Å²) in [5, 5.41) is 0. The number of rotatable bonds is 6.